The molecule has 13 heavy (non-hydrogen) atoms. The van der Waals surface area contributed by atoms with Gasteiger partial charge >= 0.3 is 0 Å². The quantitative estimate of drug-likeness (QED) is 0.675. The monoisotopic (exact) mass is 181 g/mol. The summed E-state index contributed by atoms with van der Waals surface area (Å²) >= 11 is 0. The standard InChI is InChI=1S/C9H5F2NO/c10-6-1-2-8(11)7(5-6)9-12-3-4-13-9/h1-5H. The lowest BCUT2D eigenvalue weighted by Gasteiger charge is -1.97. The number of rotatable bonds is 1. The van der Waals surface area contributed by atoms with Crippen molar-refractivity contribution in [1.82, 2.24) is 4.98 Å². The average molecular weight is 181 g/mol. The van der Waals surface area contributed by atoms with Crippen molar-refractivity contribution in [2.24, 2.45) is 0 Å². The predicted molar refractivity (Wildman–Crippen MR) is 41.9 cm³/mol. The number of hydrogen-bond acceptors (Lipinski definition) is 2. The fourth-order valence-electron chi connectivity index (χ4n) is 1.02. The van der Waals surface area contributed by atoms with Gasteiger partial charge in [-0.25, -0.2) is 13.8 Å². The molecule has 2 aromatic rings. The van der Waals surface area contributed by atoms with Gasteiger partial charge < -0.3 is 4.42 Å². The third-order valence-corrected chi connectivity index (χ3v) is 1.59. The van der Waals surface area contributed by atoms with Crippen molar-refractivity contribution in [1.29, 1.82) is 0 Å². The van der Waals surface area contributed by atoms with Crippen LogP contribution < -0.4 is 0 Å². The zero-order valence-electron chi connectivity index (χ0n) is 6.50. The first-order valence-corrected chi connectivity index (χ1v) is 3.62. The third kappa shape index (κ3) is 1.42. The van der Waals surface area contributed by atoms with E-state index in [9.17, 15) is 8.78 Å². The highest BCUT2D eigenvalue weighted by molar-refractivity contribution is 5.53. The second kappa shape index (κ2) is 2.97. The average Bonchev–Trinajstić information content (AvgIpc) is 2.61. The molecule has 0 aliphatic rings. The van der Waals surface area contributed by atoms with Gasteiger partial charge in [0.05, 0.1) is 11.8 Å². The van der Waals surface area contributed by atoms with Crippen molar-refractivity contribution in [2.45, 2.75) is 0 Å². The van der Waals surface area contributed by atoms with E-state index in [2.05, 4.69) is 4.98 Å². The summed E-state index contributed by atoms with van der Waals surface area (Å²) in [6.45, 7) is 0. The van der Waals surface area contributed by atoms with E-state index in [-0.39, 0.29) is 11.5 Å². The van der Waals surface area contributed by atoms with Gasteiger partial charge in [0, 0.05) is 0 Å². The molecule has 0 saturated carbocycles. The molecule has 0 fully saturated rings. The lowest BCUT2D eigenvalue weighted by atomic mass is 10.2. The molecule has 0 aliphatic carbocycles. The smallest absolute Gasteiger partial charge is 0.228 e. The van der Waals surface area contributed by atoms with E-state index in [1.807, 2.05) is 0 Å². The molecule has 1 heterocycles. The van der Waals surface area contributed by atoms with E-state index in [1.54, 1.807) is 0 Å². The Kier molecular flexibility index (Phi) is 1.81. The molecular formula is C9H5F2NO. The number of halogens is 2. The first kappa shape index (κ1) is 7.91. The Morgan fingerprint density at radius 3 is 2.77 bits per heavy atom. The number of benzene rings is 1. The maximum Gasteiger partial charge on any atom is 0.228 e. The first-order chi connectivity index (χ1) is 6.27. The topological polar surface area (TPSA) is 26.0 Å². The number of aromatic nitrogens is 1. The summed E-state index contributed by atoms with van der Waals surface area (Å²) in [6, 6.07) is 3.12. The van der Waals surface area contributed by atoms with Gasteiger partial charge in [0.1, 0.15) is 17.9 Å². The highest BCUT2D eigenvalue weighted by atomic mass is 19.1. The van der Waals surface area contributed by atoms with Crippen molar-refractivity contribution in [3.8, 4) is 11.5 Å². The van der Waals surface area contributed by atoms with E-state index >= 15 is 0 Å². The molecule has 66 valence electrons. The number of hydrogen-bond donors (Lipinski definition) is 0. The first-order valence-electron chi connectivity index (χ1n) is 3.62. The van der Waals surface area contributed by atoms with E-state index in [1.165, 1.54) is 12.5 Å². The van der Waals surface area contributed by atoms with Gasteiger partial charge in [0.15, 0.2) is 0 Å². The second-order valence-electron chi connectivity index (χ2n) is 2.46. The molecule has 0 spiro atoms. The van der Waals surface area contributed by atoms with Crippen molar-refractivity contribution < 1.29 is 13.2 Å². The molecule has 0 atom stereocenters. The number of nitrogens with zero attached hydrogens (tertiary/aromatic N) is 1. The largest absolute Gasteiger partial charge is 0.444 e. The van der Waals surface area contributed by atoms with Crippen molar-refractivity contribution >= 4 is 0 Å². The Morgan fingerprint density at radius 1 is 1.23 bits per heavy atom. The SMILES string of the molecule is Fc1ccc(F)c(-c2ncco2)c1. The highest BCUT2D eigenvalue weighted by Gasteiger charge is 2.09. The highest BCUT2D eigenvalue weighted by Crippen LogP contribution is 2.21. The van der Waals surface area contributed by atoms with Crippen molar-refractivity contribution in [3.05, 3.63) is 42.3 Å². The van der Waals surface area contributed by atoms with Gasteiger partial charge in [-0.15, -0.1) is 0 Å². The van der Waals surface area contributed by atoms with Gasteiger partial charge in [-0.3, -0.25) is 0 Å². The maximum atomic E-state index is 13.1. The summed E-state index contributed by atoms with van der Waals surface area (Å²) < 4.78 is 30.6. The van der Waals surface area contributed by atoms with Crippen LogP contribution in [0.25, 0.3) is 11.5 Å². The van der Waals surface area contributed by atoms with Crippen LogP contribution in [0.2, 0.25) is 0 Å². The maximum absolute atomic E-state index is 13.1. The summed E-state index contributed by atoms with van der Waals surface area (Å²) in [5.41, 5.74) is 0.0324. The molecule has 0 bridgehead atoms. The minimum Gasteiger partial charge on any atom is -0.444 e. The van der Waals surface area contributed by atoms with Crippen LogP contribution in [0.15, 0.2) is 35.1 Å². The Bertz CT molecular complexity index is 412. The fraction of sp³-hybridized carbons (Fsp3) is 0. The van der Waals surface area contributed by atoms with Crippen LogP contribution >= 0.6 is 0 Å². The molecule has 0 saturated heterocycles. The summed E-state index contributed by atoms with van der Waals surface area (Å²) in [6.07, 6.45) is 2.68. The van der Waals surface area contributed by atoms with Gasteiger partial charge in [-0.05, 0) is 18.2 Å². The molecule has 0 radical (unpaired) electrons. The molecule has 0 aliphatic heterocycles. The Balaban J connectivity index is 2.57. The molecule has 4 heteroatoms. The van der Waals surface area contributed by atoms with Crippen molar-refractivity contribution in [3.63, 3.8) is 0 Å². The summed E-state index contributed by atoms with van der Waals surface area (Å²) in [7, 11) is 0. The summed E-state index contributed by atoms with van der Waals surface area (Å²) in [4.78, 5) is 3.72. The third-order valence-electron chi connectivity index (χ3n) is 1.59. The molecule has 0 unspecified atom stereocenters. The molecule has 1 aromatic heterocycles. The zero-order valence-corrected chi connectivity index (χ0v) is 6.50. The Morgan fingerprint density at radius 2 is 2.08 bits per heavy atom. The van der Waals surface area contributed by atoms with Gasteiger partial charge in [-0.1, -0.05) is 0 Å². The minimum atomic E-state index is -0.552. The van der Waals surface area contributed by atoms with Gasteiger partial charge in [-0.2, -0.15) is 0 Å². The van der Waals surface area contributed by atoms with Crippen LogP contribution in [-0.4, -0.2) is 4.98 Å². The second-order valence-corrected chi connectivity index (χ2v) is 2.46. The molecule has 2 nitrogen and oxygen atoms in total. The van der Waals surface area contributed by atoms with E-state index < -0.39 is 11.6 Å². The fourth-order valence-corrected chi connectivity index (χ4v) is 1.02. The van der Waals surface area contributed by atoms with Crippen LogP contribution in [-0.2, 0) is 0 Å². The summed E-state index contributed by atoms with van der Waals surface area (Å²) in [5.74, 6) is -0.990. The van der Waals surface area contributed by atoms with Crippen LogP contribution in [0.4, 0.5) is 8.78 Å². The minimum absolute atomic E-state index is 0.0324. The van der Waals surface area contributed by atoms with Gasteiger partial charge in [0.2, 0.25) is 5.89 Å². The zero-order chi connectivity index (χ0) is 9.26. The van der Waals surface area contributed by atoms with E-state index in [0.717, 1.165) is 18.2 Å². The molecule has 0 N–H and O–H groups in total. The summed E-state index contributed by atoms with van der Waals surface area (Å²) in [5, 5.41) is 0. The lowest BCUT2D eigenvalue weighted by Crippen LogP contribution is -1.85. The number of oxazole rings is 1. The normalized spacial score (nSPS) is 10.3. The van der Waals surface area contributed by atoms with Crippen molar-refractivity contribution in [2.75, 3.05) is 0 Å². The van der Waals surface area contributed by atoms with E-state index in [4.69, 9.17) is 4.42 Å². The van der Waals surface area contributed by atoms with Crippen LogP contribution in [0.3, 0.4) is 0 Å². The van der Waals surface area contributed by atoms with Crippen LogP contribution in [0.1, 0.15) is 0 Å². The predicted octanol–water partition coefficient (Wildman–Crippen LogP) is 2.62. The lowest BCUT2D eigenvalue weighted by molar-refractivity contribution is 0.556. The molecular weight excluding hydrogens is 176 g/mol. The molecule has 1 aromatic carbocycles. The van der Waals surface area contributed by atoms with E-state index in [0.29, 0.717) is 0 Å². The molecule has 2 rings (SSSR count). The van der Waals surface area contributed by atoms with Crippen LogP contribution in [0.5, 0.6) is 0 Å². The van der Waals surface area contributed by atoms with Crippen LogP contribution in [0, 0.1) is 11.6 Å². The van der Waals surface area contributed by atoms with Gasteiger partial charge in [0.25, 0.3) is 0 Å². The Hall–Kier alpha value is -1.71. The molecule has 0 amide bonds. The Labute approximate surface area is 72.8 Å².